The van der Waals surface area contributed by atoms with Crippen LogP contribution < -0.4 is 0 Å². The van der Waals surface area contributed by atoms with E-state index in [2.05, 4.69) is 0 Å². The fourth-order valence-corrected chi connectivity index (χ4v) is 2.31. The van der Waals surface area contributed by atoms with Crippen molar-refractivity contribution in [3.05, 3.63) is 0 Å². The zero-order chi connectivity index (χ0) is 11.6. The van der Waals surface area contributed by atoms with Crippen LogP contribution in [0.25, 0.3) is 0 Å². The number of aliphatic hydroxyl groups is 1. The van der Waals surface area contributed by atoms with E-state index in [1.54, 1.807) is 19.0 Å². The van der Waals surface area contributed by atoms with E-state index in [1.807, 2.05) is 13.8 Å². The molecule has 1 amide bonds. The molecule has 0 saturated heterocycles. The fraction of sp³-hybridized carbons (Fsp3) is 0.917. The minimum absolute atomic E-state index is 0.124. The van der Waals surface area contributed by atoms with Crippen LogP contribution >= 0.6 is 0 Å². The van der Waals surface area contributed by atoms with Crippen molar-refractivity contribution in [3.8, 4) is 0 Å². The number of hydrogen-bond acceptors (Lipinski definition) is 2. The first-order valence-corrected chi connectivity index (χ1v) is 5.80. The Bertz CT molecular complexity index is 228. The normalized spacial score (nSPS) is 31.7. The molecule has 1 N–H and O–H groups in total. The highest BCUT2D eigenvalue weighted by molar-refractivity contribution is 5.78. The summed E-state index contributed by atoms with van der Waals surface area (Å²) in [6.45, 7) is 4.10. The minimum atomic E-state index is -0.539. The van der Waals surface area contributed by atoms with Crippen LogP contribution in [0.15, 0.2) is 0 Å². The summed E-state index contributed by atoms with van der Waals surface area (Å²) >= 11 is 0. The zero-order valence-corrected chi connectivity index (χ0v) is 10.3. The Labute approximate surface area is 92.5 Å². The molecule has 0 bridgehead atoms. The van der Waals surface area contributed by atoms with E-state index in [4.69, 9.17) is 0 Å². The van der Waals surface area contributed by atoms with Gasteiger partial charge in [0.05, 0.1) is 5.60 Å². The second-order valence-corrected chi connectivity index (χ2v) is 5.27. The maximum atomic E-state index is 11.7. The van der Waals surface area contributed by atoms with Crippen LogP contribution in [0, 0.1) is 11.8 Å². The summed E-state index contributed by atoms with van der Waals surface area (Å²) < 4.78 is 0. The lowest BCUT2D eigenvalue weighted by molar-refractivity contribution is -0.137. The third kappa shape index (κ3) is 2.71. The lowest BCUT2D eigenvalue weighted by Gasteiger charge is -2.39. The molecule has 88 valence electrons. The monoisotopic (exact) mass is 213 g/mol. The molecule has 1 aliphatic carbocycles. The summed E-state index contributed by atoms with van der Waals surface area (Å²) in [5, 5.41) is 10.3. The number of carbonyl (C=O) groups excluding carboxylic acids is 1. The molecule has 3 nitrogen and oxygen atoms in total. The first-order valence-electron chi connectivity index (χ1n) is 5.80. The van der Waals surface area contributed by atoms with Gasteiger partial charge in [-0.15, -0.1) is 0 Å². The second kappa shape index (κ2) is 4.52. The van der Waals surface area contributed by atoms with Gasteiger partial charge in [-0.25, -0.2) is 0 Å². The van der Waals surface area contributed by atoms with E-state index < -0.39 is 5.60 Å². The highest BCUT2D eigenvalue weighted by Gasteiger charge is 2.38. The van der Waals surface area contributed by atoms with Crippen LogP contribution in [0.4, 0.5) is 0 Å². The van der Waals surface area contributed by atoms with Crippen molar-refractivity contribution in [2.45, 2.75) is 45.1 Å². The third-order valence-corrected chi connectivity index (χ3v) is 3.72. The predicted molar refractivity (Wildman–Crippen MR) is 60.4 cm³/mol. The average molecular weight is 213 g/mol. The van der Waals surface area contributed by atoms with Gasteiger partial charge >= 0.3 is 0 Å². The van der Waals surface area contributed by atoms with Gasteiger partial charge in [-0.1, -0.05) is 13.8 Å². The van der Waals surface area contributed by atoms with Gasteiger partial charge in [0.2, 0.25) is 5.91 Å². The molecule has 0 atom stereocenters. The molecule has 1 fully saturated rings. The summed E-state index contributed by atoms with van der Waals surface area (Å²) in [5.41, 5.74) is -0.539. The molecule has 0 aliphatic heterocycles. The third-order valence-electron chi connectivity index (χ3n) is 3.72. The first kappa shape index (κ1) is 12.5. The van der Waals surface area contributed by atoms with E-state index in [9.17, 15) is 9.90 Å². The Morgan fingerprint density at radius 2 is 1.80 bits per heavy atom. The van der Waals surface area contributed by atoms with Gasteiger partial charge in [-0.2, -0.15) is 0 Å². The SMILES string of the molecule is CC(C)[C@]1(O)CC[C@@H](C(=O)N(C)C)CC1. The quantitative estimate of drug-likeness (QED) is 0.757. The van der Waals surface area contributed by atoms with Gasteiger partial charge in [0, 0.05) is 20.0 Å². The highest BCUT2D eigenvalue weighted by Crippen LogP contribution is 2.37. The highest BCUT2D eigenvalue weighted by atomic mass is 16.3. The van der Waals surface area contributed by atoms with E-state index in [0.717, 1.165) is 25.7 Å². The smallest absolute Gasteiger partial charge is 0.225 e. The molecule has 0 heterocycles. The molecular weight excluding hydrogens is 190 g/mol. The number of carbonyl (C=O) groups is 1. The predicted octanol–water partition coefficient (Wildman–Crippen LogP) is 1.65. The van der Waals surface area contributed by atoms with Gasteiger partial charge < -0.3 is 10.0 Å². The molecule has 1 aliphatic rings. The summed E-state index contributed by atoms with van der Waals surface area (Å²) in [7, 11) is 3.59. The van der Waals surface area contributed by atoms with Crippen molar-refractivity contribution in [3.63, 3.8) is 0 Å². The van der Waals surface area contributed by atoms with Crippen LogP contribution in [0.2, 0.25) is 0 Å². The van der Waals surface area contributed by atoms with Crippen molar-refractivity contribution in [1.82, 2.24) is 4.90 Å². The molecule has 0 unspecified atom stereocenters. The second-order valence-electron chi connectivity index (χ2n) is 5.27. The number of hydrogen-bond donors (Lipinski definition) is 1. The van der Waals surface area contributed by atoms with Crippen molar-refractivity contribution < 1.29 is 9.90 Å². The Balaban J connectivity index is 2.53. The summed E-state index contributed by atoms with van der Waals surface area (Å²) in [5.74, 6) is 0.618. The van der Waals surface area contributed by atoms with E-state index in [0.29, 0.717) is 0 Å². The van der Waals surface area contributed by atoms with Crippen LogP contribution in [0.3, 0.4) is 0 Å². The maximum absolute atomic E-state index is 11.7. The van der Waals surface area contributed by atoms with Crippen molar-refractivity contribution in [2.75, 3.05) is 14.1 Å². The van der Waals surface area contributed by atoms with Crippen molar-refractivity contribution in [1.29, 1.82) is 0 Å². The number of nitrogens with zero attached hydrogens (tertiary/aromatic N) is 1. The first-order chi connectivity index (χ1) is 6.87. The maximum Gasteiger partial charge on any atom is 0.225 e. The summed E-state index contributed by atoms with van der Waals surface area (Å²) in [6, 6.07) is 0. The molecule has 1 rings (SSSR count). The van der Waals surface area contributed by atoms with Crippen molar-refractivity contribution >= 4 is 5.91 Å². The fourth-order valence-electron chi connectivity index (χ4n) is 2.31. The molecule has 0 aromatic heterocycles. The lowest BCUT2D eigenvalue weighted by Crippen LogP contribution is -2.42. The molecule has 0 aromatic carbocycles. The van der Waals surface area contributed by atoms with Gasteiger partial charge in [0.15, 0.2) is 0 Å². The van der Waals surface area contributed by atoms with E-state index in [-0.39, 0.29) is 17.7 Å². The topological polar surface area (TPSA) is 40.5 Å². The largest absolute Gasteiger partial charge is 0.390 e. The van der Waals surface area contributed by atoms with Crippen LogP contribution in [-0.2, 0) is 4.79 Å². The molecule has 0 spiro atoms. The Kier molecular flexibility index (Phi) is 3.77. The van der Waals surface area contributed by atoms with Gasteiger partial charge in [0.25, 0.3) is 0 Å². The molecule has 3 heteroatoms. The standard InChI is InChI=1S/C12H23NO2/c1-9(2)12(15)7-5-10(6-8-12)11(14)13(3)4/h9-10,15H,5-8H2,1-4H3/t10-,12+. The van der Waals surface area contributed by atoms with Gasteiger partial charge in [0.1, 0.15) is 0 Å². The van der Waals surface area contributed by atoms with Crippen molar-refractivity contribution in [2.24, 2.45) is 11.8 Å². The van der Waals surface area contributed by atoms with Gasteiger partial charge in [-0.3, -0.25) is 4.79 Å². The minimum Gasteiger partial charge on any atom is -0.390 e. The zero-order valence-electron chi connectivity index (χ0n) is 10.3. The average Bonchev–Trinajstić information content (AvgIpc) is 2.17. The number of amides is 1. The Hall–Kier alpha value is -0.570. The Morgan fingerprint density at radius 1 is 1.33 bits per heavy atom. The number of rotatable bonds is 2. The van der Waals surface area contributed by atoms with E-state index >= 15 is 0 Å². The van der Waals surface area contributed by atoms with Crippen LogP contribution in [0.1, 0.15) is 39.5 Å². The molecule has 0 aromatic rings. The summed E-state index contributed by atoms with van der Waals surface area (Å²) in [4.78, 5) is 13.4. The molecule has 15 heavy (non-hydrogen) atoms. The Morgan fingerprint density at radius 3 is 2.13 bits per heavy atom. The molecule has 1 saturated carbocycles. The molecule has 0 radical (unpaired) electrons. The molecular formula is C12H23NO2. The van der Waals surface area contributed by atoms with Crippen LogP contribution in [-0.4, -0.2) is 35.6 Å². The summed E-state index contributed by atoms with van der Waals surface area (Å²) in [6.07, 6.45) is 3.17. The van der Waals surface area contributed by atoms with Gasteiger partial charge in [-0.05, 0) is 31.6 Å². The van der Waals surface area contributed by atoms with Crippen LogP contribution in [0.5, 0.6) is 0 Å². The van der Waals surface area contributed by atoms with E-state index in [1.165, 1.54) is 0 Å². The lowest BCUT2D eigenvalue weighted by atomic mass is 9.73.